The summed E-state index contributed by atoms with van der Waals surface area (Å²) in [5.41, 5.74) is 1.48. The zero-order valence-corrected chi connectivity index (χ0v) is 12.6. The zero-order valence-electron chi connectivity index (χ0n) is 12.6. The Labute approximate surface area is 129 Å². The maximum atomic E-state index is 12.1. The van der Waals surface area contributed by atoms with E-state index in [0.29, 0.717) is 17.9 Å². The number of hydrogen-bond acceptors (Lipinski definition) is 4. The molecule has 0 bridgehead atoms. The van der Waals surface area contributed by atoms with Crippen LogP contribution in [0.15, 0.2) is 30.6 Å². The van der Waals surface area contributed by atoms with Gasteiger partial charge >= 0.3 is 0 Å². The Morgan fingerprint density at radius 2 is 2.14 bits per heavy atom. The molecule has 1 amide bonds. The number of aromatic nitrogens is 3. The quantitative estimate of drug-likeness (QED) is 0.894. The fourth-order valence-corrected chi connectivity index (χ4v) is 2.82. The molecular formula is C16H20N4O2. The van der Waals surface area contributed by atoms with Crippen molar-refractivity contribution in [2.75, 3.05) is 6.54 Å². The molecule has 1 aromatic carbocycles. The van der Waals surface area contributed by atoms with Gasteiger partial charge in [0.1, 0.15) is 6.33 Å². The highest BCUT2D eigenvalue weighted by Gasteiger charge is 2.25. The van der Waals surface area contributed by atoms with E-state index >= 15 is 0 Å². The Hall–Kier alpha value is -2.21. The van der Waals surface area contributed by atoms with Crippen LogP contribution in [0.2, 0.25) is 0 Å². The number of aryl methyl sites for hydroxylation is 1. The minimum Gasteiger partial charge on any atom is -0.393 e. The SMILES string of the molecule is Cn1cnc(-c2ccc(C(=O)NCC3CCCC3O)cc2)n1. The summed E-state index contributed by atoms with van der Waals surface area (Å²) in [7, 11) is 1.82. The summed E-state index contributed by atoms with van der Waals surface area (Å²) in [5, 5.41) is 16.9. The topological polar surface area (TPSA) is 80.0 Å². The highest BCUT2D eigenvalue weighted by atomic mass is 16.3. The molecule has 0 radical (unpaired) electrons. The maximum absolute atomic E-state index is 12.1. The maximum Gasteiger partial charge on any atom is 0.251 e. The normalized spacial score (nSPS) is 21.0. The number of nitrogens with zero attached hydrogens (tertiary/aromatic N) is 3. The van der Waals surface area contributed by atoms with Crippen molar-refractivity contribution >= 4 is 5.91 Å². The molecule has 1 fully saturated rings. The van der Waals surface area contributed by atoms with E-state index in [0.717, 1.165) is 24.8 Å². The van der Waals surface area contributed by atoms with Crippen molar-refractivity contribution in [1.29, 1.82) is 0 Å². The van der Waals surface area contributed by atoms with Gasteiger partial charge in [0, 0.05) is 30.6 Å². The summed E-state index contributed by atoms with van der Waals surface area (Å²) in [6.07, 6.45) is 4.21. The van der Waals surface area contributed by atoms with E-state index in [2.05, 4.69) is 15.4 Å². The molecule has 2 aromatic rings. The van der Waals surface area contributed by atoms with E-state index in [1.165, 1.54) is 0 Å². The number of carbonyl (C=O) groups is 1. The van der Waals surface area contributed by atoms with Crippen molar-refractivity contribution in [3.63, 3.8) is 0 Å². The molecule has 0 spiro atoms. The number of hydrogen-bond donors (Lipinski definition) is 2. The average molecular weight is 300 g/mol. The van der Waals surface area contributed by atoms with Crippen molar-refractivity contribution in [3.8, 4) is 11.4 Å². The zero-order chi connectivity index (χ0) is 15.5. The third kappa shape index (κ3) is 3.17. The highest BCUT2D eigenvalue weighted by molar-refractivity contribution is 5.94. The van der Waals surface area contributed by atoms with Crippen LogP contribution >= 0.6 is 0 Å². The summed E-state index contributed by atoms with van der Waals surface area (Å²) < 4.78 is 1.64. The Morgan fingerprint density at radius 3 is 2.73 bits per heavy atom. The van der Waals surface area contributed by atoms with Gasteiger partial charge in [0.15, 0.2) is 5.82 Å². The third-order valence-corrected chi connectivity index (χ3v) is 4.15. The largest absolute Gasteiger partial charge is 0.393 e. The number of aliphatic hydroxyl groups is 1. The first-order valence-corrected chi connectivity index (χ1v) is 7.56. The monoisotopic (exact) mass is 300 g/mol. The lowest BCUT2D eigenvalue weighted by Gasteiger charge is -2.15. The van der Waals surface area contributed by atoms with Gasteiger partial charge in [-0.05, 0) is 25.0 Å². The lowest BCUT2D eigenvalue weighted by atomic mass is 10.1. The van der Waals surface area contributed by atoms with Crippen molar-refractivity contribution in [2.24, 2.45) is 13.0 Å². The Kier molecular flexibility index (Phi) is 4.20. The summed E-state index contributed by atoms with van der Waals surface area (Å²) in [6.45, 7) is 0.531. The van der Waals surface area contributed by atoms with Crippen LogP contribution in [-0.2, 0) is 7.05 Å². The second-order valence-electron chi connectivity index (χ2n) is 5.79. The number of carbonyl (C=O) groups excluding carboxylic acids is 1. The minimum absolute atomic E-state index is 0.111. The Balaban J connectivity index is 1.61. The van der Waals surface area contributed by atoms with Gasteiger partial charge in [0.2, 0.25) is 0 Å². The van der Waals surface area contributed by atoms with E-state index < -0.39 is 0 Å². The van der Waals surface area contributed by atoms with Crippen LogP contribution in [0.25, 0.3) is 11.4 Å². The van der Waals surface area contributed by atoms with Crippen LogP contribution in [0, 0.1) is 5.92 Å². The van der Waals surface area contributed by atoms with Crippen LogP contribution in [-0.4, -0.2) is 38.4 Å². The van der Waals surface area contributed by atoms with Crippen LogP contribution in [0.1, 0.15) is 29.6 Å². The smallest absolute Gasteiger partial charge is 0.251 e. The Morgan fingerprint density at radius 1 is 1.36 bits per heavy atom. The lowest BCUT2D eigenvalue weighted by Crippen LogP contribution is -2.32. The number of nitrogens with one attached hydrogen (secondary N) is 1. The summed E-state index contributed by atoms with van der Waals surface area (Å²) in [6, 6.07) is 7.22. The first kappa shape index (κ1) is 14.7. The van der Waals surface area contributed by atoms with Gasteiger partial charge in [-0.15, -0.1) is 0 Å². The van der Waals surface area contributed by atoms with Gasteiger partial charge in [0.05, 0.1) is 6.10 Å². The van der Waals surface area contributed by atoms with Gasteiger partial charge in [-0.3, -0.25) is 9.48 Å². The molecule has 1 heterocycles. The summed E-state index contributed by atoms with van der Waals surface area (Å²) in [5.74, 6) is 0.712. The summed E-state index contributed by atoms with van der Waals surface area (Å²) >= 11 is 0. The fraction of sp³-hybridized carbons (Fsp3) is 0.438. The molecule has 116 valence electrons. The Bertz CT molecular complexity index is 650. The highest BCUT2D eigenvalue weighted by Crippen LogP contribution is 2.24. The summed E-state index contributed by atoms with van der Waals surface area (Å²) in [4.78, 5) is 16.3. The second kappa shape index (κ2) is 6.27. The van der Waals surface area contributed by atoms with Crippen LogP contribution in [0.5, 0.6) is 0 Å². The van der Waals surface area contributed by atoms with Crippen molar-refractivity contribution in [3.05, 3.63) is 36.2 Å². The van der Waals surface area contributed by atoms with Gasteiger partial charge < -0.3 is 10.4 Å². The second-order valence-corrected chi connectivity index (χ2v) is 5.79. The van der Waals surface area contributed by atoms with Crippen molar-refractivity contribution in [2.45, 2.75) is 25.4 Å². The molecule has 22 heavy (non-hydrogen) atoms. The molecule has 6 nitrogen and oxygen atoms in total. The predicted octanol–water partition coefficient (Wildman–Crippen LogP) is 1.37. The van der Waals surface area contributed by atoms with Crippen LogP contribution < -0.4 is 5.32 Å². The van der Waals surface area contributed by atoms with E-state index in [1.54, 1.807) is 23.1 Å². The van der Waals surface area contributed by atoms with E-state index in [9.17, 15) is 9.90 Å². The van der Waals surface area contributed by atoms with Crippen LogP contribution in [0.4, 0.5) is 0 Å². The minimum atomic E-state index is -0.280. The molecular weight excluding hydrogens is 280 g/mol. The van der Waals surface area contributed by atoms with E-state index in [-0.39, 0.29) is 17.9 Å². The molecule has 1 saturated carbocycles. The molecule has 1 aliphatic carbocycles. The number of amides is 1. The third-order valence-electron chi connectivity index (χ3n) is 4.15. The number of benzene rings is 1. The number of aliphatic hydroxyl groups excluding tert-OH is 1. The molecule has 0 aliphatic heterocycles. The molecule has 2 unspecified atom stereocenters. The molecule has 0 saturated heterocycles. The van der Waals surface area contributed by atoms with Crippen molar-refractivity contribution < 1.29 is 9.90 Å². The van der Waals surface area contributed by atoms with Gasteiger partial charge in [0.25, 0.3) is 5.91 Å². The molecule has 2 N–H and O–H groups in total. The average Bonchev–Trinajstić information content (AvgIpc) is 3.13. The molecule has 1 aliphatic rings. The van der Waals surface area contributed by atoms with Gasteiger partial charge in [-0.25, -0.2) is 4.98 Å². The molecule has 2 atom stereocenters. The van der Waals surface area contributed by atoms with E-state index in [4.69, 9.17) is 0 Å². The first-order valence-electron chi connectivity index (χ1n) is 7.56. The fourth-order valence-electron chi connectivity index (χ4n) is 2.82. The molecule has 1 aromatic heterocycles. The van der Waals surface area contributed by atoms with Crippen LogP contribution in [0.3, 0.4) is 0 Å². The van der Waals surface area contributed by atoms with Gasteiger partial charge in [-0.2, -0.15) is 5.10 Å². The standard InChI is InChI=1S/C16H20N4O2/c1-20-10-18-15(19-20)11-5-7-12(8-6-11)16(22)17-9-13-3-2-4-14(13)21/h5-8,10,13-14,21H,2-4,9H2,1H3,(H,17,22). The first-order chi connectivity index (χ1) is 10.6. The predicted molar refractivity (Wildman–Crippen MR) is 82.1 cm³/mol. The van der Waals surface area contributed by atoms with E-state index in [1.807, 2.05) is 19.2 Å². The lowest BCUT2D eigenvalue weighted by molar-refractivity contribution is 0.0917. The van der Waals surface area contributed by atoms with Gasteiger partial charge in [-0.1, -0.05) is 18.6 Å². The molecule has 6 heteroatoms. The van der Waals surface area contributed by atoms with Crippen molar-refractivity contribution in [1.82, 2.24) is 20.1 Å². The molecule has 3 rings (SSSR count). The number of rotatable bonds is 4.